The van der Waals surface area contributed by atoms with Gasteiger partial charge in [-0.05, 0) is 58.1 Å². The van der Waals surface area contributed by atoms with Crippen LogP contribution >= 0.6 is 0 Å². The van der Waals surface area contributed by atoms with Crippen molar-refractivity contribution in [3.63, 3.8) is 0 Å². The Morgan fingerprint density at radius 2 is 1.32 bits per heavy atom. The van der Waals surface area contributed by atoms with Crippen LogP contribution in [-0.2, 0) is 10.8 Å². The molecule has 0 aliphatic rings. The molecule has 0 heterocycles. The maximum Gasteiger partial charge on any atom is -0.0115 e. The van der Waals surface area contributed by atoms with Gasteiger partial charge in [0.05, 0.1) is 0 Å². The molecule has 2 aromatic rings. The molecule has 0 radical (unpaired) electrons. The van der Waals surface area contributed by atoms with Crippen LogP contribution in [0.15, 0.2) is 36.4 Å². The van der Waals surface area contributed by atoms with Gasteiger partial charge >= 0.3 is 0 Å². The Bertz CT molecular complexity index is 676. The third kappa shape index (κ3) is 3.27. The van der Waals surface area contributed by atoms with E-state index in [4.69, 9.17) is 0 Å². The first-order chi connectivity index (χ1) is 10.0. The summed E-state index contributed by atoms with van der Waals surface area (Å²) in [5.74, 6) is 0. The third-order valence-electron chi connectivity index (χ3n) is 4.45. The van der Waals surface area contributed by atoms with E-state index in [2.05, 4.69) is 91.8 Å². The molecule has 2 aromatic carbocycles. The molecule has 0 heteroatoms. The van der Waals surface area contributed by atoms with Crippen molar-refractivity contribution in [2.24, 2.45) is 0 Å². The van der Waals surface area contributed by atoms with Gasteiger partial charge in [-0.25, -0.2) is 0 Å². The topological polar surface area (TPSA) is 0 Å². The zero-order valence-corrected chi connectivity index (χ0v) is 15.5. The highest BCUT2D eigenvalue weighted by molar-refractivity contribution is 5.75. The van der Waals surface area contributed by atoms with Crippen molar-refractivity contribution in [2.45, 2.75) is 66.2 Å². The number of rotatable bonds is 1. The first kappa shape index (κ1) is 16.8. The zero-order chi connectivity index (χ0) is 16.7. The van der Waals surface area contributed by atoms with Crippen molar-refractivity contribution in [3.05, 3.63) is 58.7 Å². The highest BCUT2D eigenvalue weighted by atomic mass is 14.3. The summed E-state index contributed by atoms with van der Waals surface area (Å²) in [7, 11) is 0. The second-order valence-corrected chi connectivity index (χ2v) is 8.53. The first-order valence-electron chi connectivity index (χ1n) is 8.23. The quantitative estimate of drug-likeness (QED) is 0.558. The molecule has 0 unspecified atom stereocenters. The lowest BCUT2D eigenvalue weighted by molar-refractivity contribution is 0.588. The minimum Gasteiger partial charge on any atom is -0.0617 e. The molecule has 0 bridgehead atoms. The van der Waals surface area contributed by atoms with Gasteiger partial charge in [-0.3, -0.25) is 0 Å². The molecule has 0 saturated heterocycles. The predicted octanol–water partition coefficient (Wildman–Crippen LogP) is 6.57. The number of benzene rings is 2. The van der Waals surface area contributed by atoms with Crippen molar-refractivity contribution in [2.75, 3.05) is 0 Å². The van der Waals surface area contributed by atoms with Gasteiger partial charge in [0.1, 0.15) is 0 Å². The molecule has 0 atom stereocenters. The van der Waals surface area contributed by atoms with Crippen LogP contribution in [0.1, 0.15) is 63.8 Å². The van der Waals surface area contributed by atoms with Gasteiger partial charge < -0.3 is 0 Å². The van der Waals surface area contributed by atoms with E-state index in [-0.39, 0.29) is 10.8 Å². The van der Waals surface area contributed by atoms with Crippen LogP contribution in [-0.4, -0.2) is 0 Å². The van der Waals surface area contributed by atoms with Gasteiger partial charge in [0.2, 0.25) is 0 Å². The van der Waals surface area contributed by atoms with Crippen LogP contribution in [0.25, 0.3) is 11.1 Å². The van der Waals surface area contributed by atoms with Crippen molar-refractivity contribution < 1.29 is 0 Å². The molecule has 0 saturated carbocycles. The highest BCUT2D eigenvalue weighted by Crippen LogP contribution is 2.38. The molecule has 0 amide bonds. The smallest absolute Gasteiger partial charge is 0.0115 e. The molecule has 2 rings (SSSR count). The van der Waals surface area contributed by atoms with Crippen LogP contribution in [0.2, 0.25) is 0 Å². The van der Waals surface area contributed by atoms with Gasteiger partial charge in [-0.15, -0.1) is 0 Å². The standard InChI is InChI=1S/C22H30/c1-15-12-13-17(21(3,4)5)14-18(15)20-16(2)10-9-11-19(20)22(6,7)8/h9-14H,1-8H3. The van der Waals surface area contributed by atoms with E-state index >= 15 is 0 Å². The van der Waals surface area contributed by atoms with E-state index < -0.39 is 0 Å². The van der Waals surface area contributed by atoms with Gasteiger partial charge in [0.15, 0.2) is 0 Å². The zero-order valence-electron chi connectivity index (χ0n) is 15.5. The first-order valence-corrected chi connectivity index (χ1v) is 8.23. The minimum atomic E-state index is 0.144. The molecule has 22 heavy (non-hydrogen) atoms. The van der Waals surface area contributed by atoms with E-state index in [0.29, 0.717) is 0 Å². The molecule has 0 N–H and O–H groups in total. The fourth-order valence-electron chi connectivity index (χ4n) is 3.01. The molecule has 0 fully saturated rings. The lowest BCUT2D eigenvalue weighted by Gasteiger charge is -2.27. The Morgan fingerprint density at radius 3 is 1.86 bits per heavy atom. The Balaban J connectivity index is 2.77. The maximum atomic E-state index is 2.40. The average molecular weight is 294 g/mol. The normalized spacial score (nSPS) is 12.5. The third-order valence-corrected chi connectivity index (χ3v) is 4.45. The van der Waals surface area contributed by atoms with E-state index in [1.807, 2.05) is 0 Å². The summed E-state index contributed by atoms with van der Waals surface area (Å²) >= 11 is 0. The molecule has 0 nitrogen and oxygen atoms in total. The molecule has 0 spiro atoms. The van der Waals surface area contributed by atoms with Crippen LogP contribution in [0, 0.1) is 13.8 Å². The summed E-state index contributed by atoms with van der Waals surface area (Å²) in [6.45, 7) is 18.2. The predicted molar refractivity (Wildman–Crippen MR) is 98.8 cm³/mol. The minimum absolute atomic E-state index is 0.144. The summed E-state index contributed by atoms with van der Waals surface area (Å²) in [5.41, 5.74) is 8.67. The van der Waals surface area contributed by atoms with E-state index in [9.17, 15) is 0 Å². The average Bonchev–Trinajstić information content (AvgIpc) is 2.37. The second-order valence-electron chi connectivity index (χ2n) is 8.53. The summed E-state index contributed by atoms with van der Waals surface area (Å²) in [6, 6.07) is 13.6. The highest BCUT2D eigenvalue weighted by Gasteiger charge is 2.22. The molecule has 118 valence electrons. The lowest BCUT2D eigenvalue weighted by atomic mass is 9.77. The van der Waals surface area contributed by atoms with Crippen molar-refractivity contribution in [1.82, 2.24) is 0 Å². The van der Waals surface area contributed by atoms with E-state index in [1.165, 1.54) is 33.4 Å². The van der Waals surface area contributed by atoms with Crippen molar-refractivity contribution >= 4 is 0 Å². The van der Waals surface area contributed by atoms with E-state index in [1.54, 1.807) is 0 Å². The van der Waals surface area contributed by atoms with Crippen molar-refractivity contribution in [1.29, 1.82) is 0 Å². The summed E-state index contributed by atoms with van der Waals surface area (Å²) < 4.78 is 0. The monoisotopic (exact) mass is 294 g/mol. The van der Waals surface area contributed by atoms with Gasteiger partial charge in [0.25, 0.3) is 0 Å². The molecule has 0 aliphatic heterocycles. The number of hydrogen-bond acceptors (Lipinski definition) is 0. The Labute approximate surface area is 136 Å². The fraction of sp³-hybridized carbons (Fsp3) is 0.455. The summed E-state index contributed by atoms with van der Waals surface area (Å²) in [4.78, 5) is 0. The Kier molecular flexibility index (Phi) is 4.26. The van der Waals surface area contributed by atoms with Gasteiger partial charge in [0, 0.05) is 0 Å². The van der Waals surface area contributed by atoms with Crippen LogP contribution in [0.3, 0.4) is 0 Å². The molecule has 0 aliphatic carbocycles. The molecule has 0 aromatic heterocycles. The Hall–Kier alpha value is -1.56. The summed E-state index contributed by atoms with van der Waals surface area (Å²) in [5, 5.41) is 0. The van der Waals surface area contributed by atoms with Crippen LogP contribution in [0.4, 0.5) is 0 Å². The maximum absolute atomic E-state index is 2.40. The van der Waals surface area contributed by atoms with Gasteiger partial charge in [-0.1, -0.05) is 77.9 Å². The van der Waals surface area contributed by atoms with Crippen molar-refractivity contribution in [3.8, 4) is 11.1 Å². The summed E-state index contributed by atoms with van der Waals surface area (Å²) in [6.07, 6.45) is 0. The van der Waals surface area contributed by atoms with Crippen LogP contribution in [0.5, 0.6) is 0 Å². The molecular formula is C22H30. The molecular weight excluding hydrogens is 264 g/mol. The second kappa shape index (κ2) is 5.57. The Morgan fingerprint density at radius 1 is 0.682 bits per heavy atom. The number of hydrogen-bond donors (Lipinski definition) is 0. The fourth-order valence-corrected chi connectivity index (χ4v) is 3.01. The van der Waals surface area contributed by atoms with Gasteiger partial charge in [-0.2, -0.15) is 0 Å². The van der Waals surface area contributed by atoms with E-state index in [0.717, 1.165) is 0 Å². The number of aryl methyl sites for hydroxylation is 2. The largest absolute Gasteiger partial charge is 0.0617 e. The SMILES string of the molecule is Cc1ccc(C(C)(C)C)cc1-c1c(C)cccc1C(C)(C)C. The van der Waals surface area contributed by atoms with Crippen LogP contribution < -0.4 is 0 Å². The lowest BCUT2D eigenvalue weighted by Crippen LogP contribution is -2.15.